The average Bonchev–Trinajstić information content (AvgIpc) is 2.53. The van der Waals surface area contributed by atoms with Crippen molar-refractivity contribution in [1.82, 2.24) is 19.9 Å². The highest BCUT2D eigenvalue weighted by Gasteiger charge is 2.06. The molecule has 2 aromatic heterocycles. The highest BCUT2D eigenvalue weighted by Crippen LogP contribution is 2.17. The van der Waals surface area contributed by atoms with E-state index in [2.05, 4.69) is 25.3 Å². The summed E-state index contributed by atoms with van der Waals surface area (Å²) in [5.74, 6) is 0.150. The highest BCUT2D eigenvalue weighted by atomic mass is 35.5. The van der Waals surface area contributed by atoms with Gasteiger partial charge >= 0.3 is 0 Å². The molecular weight excluding hydrogens is 194 g/mol. The van der Waals surface area contributed by atoms with E-state index in [4.69, 9.17) is 11.6 Å². The van der Waals surface area contributed by atoms with E-state index in [-0.39, 0.29) is 11.1 Å². The van der Waals surface area contributed by atoms with Crippen molar-refractivity contribution in [2.45, 2.75) is 0 Å². The quantitative estimate of drug-likeness (QED) is 0.545. The van der Waals surface area contributed by atoms with Gasteiger partial charge in [-0.1, -0.05) is 11.6 Å². The number of anilines is 1. The van der Waals surface area contributed by atoms with Crippen LogP contribution in [0.3, 0.4) is 0 Å². The molecule has 0 aromatic carbocycles. The maximum absolute atomic E-state index is 10.1. The summed E-state index contributed by atoms with van der Waals surface area (Å²) < 4.78 is 0. The molecule has 2 rings (SSSR count). The van der Waals surface area contributed by atoms with E-state index < -0.39 is 0 Å². The van der Waals surface area contributed by atoms with Gasteiger partial charge in [-0.15, -0.1) is 0 Å². The van der Waals surface area contributed by atoms with Crippen molar-refractivity contribution in [3.8, 4) is 0 Å². The molecular formula is C6H4ClN5O. The Bertz CT molecular complexity index is 453. The lowest BCUT2D eigenvalue weighted by atomic mass is 10.5. The van der Waals surface area contributed by atoms with E-state index in [0.717, 1.165) is 0 Å². The Morgan fingerprint density at radius 3 is 3.15 bits per heavy atom. The van der Waals surface area contributed by atoms with Crippen LogP contribution >= 0.6 is 11.6 Å². The third-order valence-corrected chi connectivity index (χ3v) is 1.69. The van der Waals surface area contributed by atoms with Gasteiger partial charge in [0.25, 0.3) is 0 Å². The van der Waals surface area contributed by atoms with Gasteiger partial charge < -0.3 is 4.98 Å². The van der Waals surface area contributed by atoms with Crippen molar-refractivity contribution in [3.63, 3.8) is 0 Å². The second-order valence-electron chi connectivity index (χ2n) is 2.20. The minimum Gasteiger partial charge on any atom is -0.329 e. The van der Waals surface area contributed by atoms with Crippen molar-refractivity contribution in [1.29, 1.82) is 0 Å². The van der Waals surface area contributed by atoms with E-state index in [1.165, 1.54) is 6.33 Å². The number of nitrogens with one attached hydrogen (secondary N) is 2. The molecule has 1 amide bonds. The first-order valence-electron chi connectivity index (χ1n) is 3.38. The molecule has 0 radical (unpaired) electrons. The fraction of sp³-hybridized carbons (Fsp3) is 0. The fourth-order valence-corrected chi connectivity index (χ4v) is 1.14. The van der Waals surface area contributed by atoms with E-state index in [9.17, 15) is 4.79 Å². The number of aromatic nitrogens is 4. The van der Waals surface area contributed by atoms with Gasteiger partial charge in [0.2, 0.25) is 12.4 Å². The minimum absolute atomic E-state index is 0.150. The third kappa shape index (κ3) is 1.31. The molecule has 6 nitrogen and oxygen atoms in total. The van der Waals surface area contributed by atoms with Crippen LogP contribution in [0.25, 0.3) is 11.2 Å². The van der Waals surface area contributed by atoms with Crippen molar-refractivity contribution >= 4 is 35.1 Å². The van der Waals surface area contributed by atoms with Crippen LogP contribution in [0.2, 0.25) is 5.15 Å². The molecule has 13 heavy (non-hydrogen) atoms. The zero-order valence-corrected chi connectivity index (χ0v) is 7.04. The standard InChI is InChI=1S/C6H4ClN5O/c7-4-3-5(9-1-8-3)12-6(11-4)10-2-13/h1-2H,(H2,8,9,10,11,12,13). The number of aromatic amines is 1. The van der Waals surface area contributed by atoms with Crippen LogP contribution in [-0.4, -0.2) is 26.3 Å². The Labute approximate surface area is 77.4 Å². The second-order valence-corrected chi connectivity index (χ2v) is 2.56. The number of carbonyl (C=O) groups is 1. The SMILES string of the molecule is O=CNc1nc(Cl)c2nc[nH]c2n1. The van der Waals surface area contributed by atoms with Crippen molar-refractivity contribution < 1.29 is 4.79 Å². The Hall–Kier alpha value is -1.69. The van der Waals surface area contributed by atoms with Crippen LogP contribution in [0.5, 0.6) is 0 Å². The molecule has 0 saturated heterocycles. The molecule has 0 fully saturated rings. The Morgan fingerprint density at radius 1 is 1.54 bits per heavy atom. The highest BCUT2D eigenvalue weighted by molar-refractivity contribution is 6.33. The first-order chi connectivity index (χ1) is 6.31. The van der Waals surface area contributed by atoms with Crippen LogP contribution in [0.15, 0.2) is 6.33 Å². The van der Waals surface area contributed by atoms with Crippen LogP contribution in [0, 0.1) is 0 Å². The largest absolute Gasteiger partial charge is 0.329 e. The third-order valence-electron chi connectivity index (χ3n) is 1.42. The summed E-state index contributed by atoms with van der Waals surface area (Å²) in [4.78, 5) is 24.5. The summed E-state index contributed by atoms with van der Waals surface area (Å²) in [5.41, 5.74) is 0.975. The number of hydrogen-bond donors (Lipinski definition) is 2. The summed E-state index contributed by atoms with van der Waals surface area (Å²) >= 11 is 5.75. The van der Waals surface area contributed by atoms with Crippen molar-refractivity contribution in [2.75, 3.05) is 5.32 Å². The summed E-state index contributed by atoms with van der Waals surface area (Å²) in [6.07, 6.45) is 1.93. The van der Waals surface area contributed by atoms with Gasteiger partial charge in [-0.2, -0.15) is 9.97 Å². The molecule has 2 aromatic rings. The summed E-state index contributed by atoms with van der Waals surface area (Å²) in [6.45, 7) is 0. The van der Waals surface area contributed by atoms with Gasteiger partial charge in [0.1, 0.15) is 5.52 Å². The molecule has 0 bridgehead atoms. The number of fused-ring (bicyclic) bond motifs is 1. The van der Waals surface area contributed by atoms with Crippen LogP contribution in [-0.2, 0) is 4.79 Å². The normalized spacial score (nSPS) is 10.2. The molecule has 7 heteroatoms. The molecule has 0 unspecified atom stereocenters. The van der Waals surface area contributed by atoms with Gasteiger partial charge in [0.15, 0.2) is 10.8 Å². The topological polar surface area (TPSA) is 83.6 Å². The molecule has 0 atom stereocenters. The van der Waals surface area contributed by atoms with E-state index in [1.54, 1.807) is 0 Å². The van der Waals surface area contributed by atoms with E-state index >= 15 is 0 Å². The summed E-state index contributed by atoms with van der Waals surface area (Å²) in [7, 11) is 0. The Kier molecular flexibility index (Phi) is 1.82. The lowest BCUT2D eigenvalue weighted by Crippen LogP contribution is -2.00. The van der Waals surface area contributed by atoms with Gasteiger partial charge in [0, 0.05) is 0 Å². The lowest BCUT2D eigenvalue weighted by molar-refractivity contribution is -0.105. The number of H-pyrrole nitrogens is 1. The molecule has 0 aliphatic carbocycles. The molecule has 0 saturated carbocycles. The van der Waals surface area contributed by atoms with E-state index in [1.807, 2.05) is 0 Å². The zero-order valence-electron chi connectivity index (χ0n) is 6.28. The van der Waals surface area contributed by atoms with Gasteiger partial charge in [-0.25, -0.2) is 4.98 Å². The number of amides is 1. The van der Waals surface area contributed by atoms with Gasteiger partial charge in [0.05, 0.1) is 6.33 Å². The number of hydrogen-bond acceptors (Lipinski definition) is 4. The fourth-order valence-electron chi connectivity index (χ4n) is 0.918. The number of nitrogens with zero attached hydrogens (tertiary/aromatic N) is 3. The van der Waals surface area contributed by atoms with E-state index in [0.29, 0.717) is 17.6 Å². The summed E-state index contributed by atoms with van der Waals surface area (Å²) in [5, 5.41) is 2.50. The van der Waals surface area contributed by atoms with Crippen LogP contribution < -0.4 is 5.32 Å². The second kappa shape index (κ2) is 2.98. The number of carbonyl (C=O) groups excluding carboxylic acids is 1. The average molecular weight is 198 g/mol. The predicted molar refractivity (Wildman–Crippen MR) is 46.4 cm³/mol. The Balaban J connectivity index is 2.62. The van der Waals surface area contributed by atoms with Gasteiger partial charge in [-0.3, -0.25) is 10.1 Å². The number of rotatable bonds is 2. The Morgan fingerprint density at radius 2 is 2.38 bits per heavy atom. The first-order valence-corrected chi connectivity index (χ1v) is 3.76. The smallest absolute Gasteiger partial charge is 0.232 e. The lowest BCUT2D eigenvalue weighted by Gasteiger charge is -1.96. The first kappa shape index (κ1) is 7.93. The zero-order chi connectivity index (χ0) is 9.26. The predicted octanol–water partition coefficient (Wildman–Crippen LogP) is 0.575. The van der Waals surface area contributed by atoms with Gasteiger partial charge in [-0.05, 0) is 0 Å². The molecule has 66 valence electrons. The molecule has 0 aliphatic rings. The monoisotopic (exact) mass is 197 g/mol. The molecule has 0 aliphatic heterocycles. The number of halogens is 1. The minimum atomic E-state index is 0.150. The summed E-state index contributed by atoms with van der Waals surface area (Å²) in [6, 6.07) is 0. The van der Waals surface area contributed by atoms with Crippen LogP contribution in [0.4, 0.5) is 5.95 Å². The molecule has 2 N–H and O–H groups in total. The van der Waals surface area contributed by atoms with Crippen molar-refractivity contribution in [2.24, 2.45) is 0 Å². The number of imidazole rings is 1. The maximum Gasteiger partial charge on any atom is 0.232 e. The maximum atomic E-state index is 10.1. The van der Waals surface area contributed by atoms with Crippen LogP contribution in [0.1, 0.15) is 0 Å². The molecule has 0 spiro atoms. The van der Waals surface area contributed by atoms with Crippen molar-refractivity contribution in [3.05, 3.63) is 11.5 Å². The molecule has 2 heterocycles.